The Hall–Kier alpha value is -4.47. The molecule has 0 amide bonds. The molecular formula is C23H16F2N6O2. The molecule has 3 heterocycles. The third-order valence-corrected chi connectivity index (χ3v) is 5.04. The largest absolute Gasteiger partial charge is 0.411 e. The van der Waals surface area contributed by atoms with E-state index in [9.17, 15) is 8.78 Å². The highest BCUT2D eigenvalue weighted by atomic mass is 19.2. The first kappa shape index (κ1) is 20.4. The van der Waals surface area contributed by atoms with Crippen LogP contribution in [0.5, 0.6) is 0 Å². The van der Waals surface area contributed by atoms with Gasteiger partial charge >= 0.3 is 0 Å². The summed E-state index contributed by atoms with van der Waals surface area (Å²) in [4.78, 5) is 8.57. The number of halogens is 2. The minimum absolute atomic E-state index is 0.00714. The molecule has 0 radical (unpaired) electrons. The molecule has 164 valence electrons. The maximum Gasteiger partial charge on any atom is 0.169 e. The molecule has 0 fully saturated rings. The standard InChI is InChI=1S/C23H16F2N6O2/c24-18-3-1-2-17(22(18)25)23-28-20-11-26-31(13-21(20)29-23)12-16-10-19(30-33-16)15-6-4-14(5-7-15)8-9-27-32/h1-7,9-11,13,32H,8,12H2. The topological polar surface area (TPSA) is 102 Å². The van der Waals surface area contributed by atoms with Crippen molar-refractivity contribution in [1.82, 2.24) is 24.9 Å². The lowest BCUT2D eigenvalue weighted by atomic mass is 10.1. The van der Waals surface area contributed by atoms with Gasteiger partial charge in [-0.3, -0.25) is 4.68 Å². The van der Waals surface area contributed by atoms with Crippen LogP contribution >= 0.6 is 0 Å². The number of hydrogen-bond acceptors (Lipinski definition) is 7. The monoisotopic (exact) mass is 446 g/mol. The van der Waals surface area contributed by atoms with Crippen molar-refractivity contribution < 1.29 is 18.5 Å². The first-order chi connectivity index (χ1) is 16.1. The quantitative estimate of drug-likeness (QED) is 0.235. The Morgan fingerprint density at radius 1 is 1.03 bits per heavy atom. The van der Waals surface area contributed by atoms with E-state index >= 15 is 0 Å². The lowest BCUT2D eigenvalue weighted by molar-refractivity contribution is 0.321. The highest BCUT2D eigenvalue weighted by Crippen LogP contribution is 2.27. The van der Waals surface area contributed by atoms with Crippen molar-refractivity contribution in [2.24, 2.45) is 5.16 Å². The smallest absolute Gasteiger partial charge is 0.169 e. The van der Waals surface area contributed by atoms with Gasteiger partial charge < -0.3 is 9.73 Å². The molecule has 0 bridgehead atoms. The molecule has 2 aliphatic rings. The van der Waals surface area contributed by atoms with E-state index in [2.05, 4.69) is 25.4 Å². The highest BCUT2D eigenvalue weighted by Gasteiger charge is 2.18. The van der Waals surface area contributed by atoms with E-state index < -0.39 is 11.6 Å². The zero-order valence-electron chi connectivity index (χ0n) is 17.1. The summed E-state index contributed by atoms with van der Waals surface area (Å²) in [6, 6.07) is 13.4. The van der Waals surface area contributed by atoms with Crippen LogP contribution in [-0.2, 0) is 13.0 Å². The van der Waals surface area contributed by atoms with Crippen molar-refractivity contribution in [2.75, 3.05) is 0 Å². The average Bonchev–Trinajstić information content (AvgIpc) is 3.47. The summed E-state index contributed by atoms with van der Waals surface area (Å²) in [6.45, 7) is 0.296. The minimum Gasteiger partial charge on any atom is -0.411 e. The van der Waals surface area contributed by atoms with Crippen LogP contribution in [0, 0.1) is 11.6 Å². The van der Waals surface area contributed by atoms with Gasteiger partial charge in [-0.05, 0) is 17.7 Å². The second-order valence-corrected chi connectivity index (χ2v) is 7.27. The number of imidazole rings is 1. The maximum atomic E-state index is 14.1. The summed E-state index contributed by atoms with van der Waals surface area (Å²) >= 11 is 0. The Balaban J connectivity index is 1.35. The van der Waals surface area contributed by atoms with Gasteiger partial charge in [-0.15, -0.1) is 5.16 Å². The summed E-state index contributed by atoms with van der Waals surface area (Å²) in [5.74, 6) is -1.27. The van der Waals surface area contributed by atoms with E-state index in [0.29, 0.717) is 35.8 Å². The molecule has 1 N–H and O–H groups in total. The zero-order chi connectivity index (χ0) is 22.8. The summed E-state index contributed by atoms with van der Waals surface area (Å²) in [5, 5.41) is 19.9. The van der Waals surface area contributed by atoms with Gasteiger partial charge in [0.2, 0.25) is 0 Å². The Morgan fingerprint density at radius 3 is 2.67 bits per heavy atom. The normalized spacial score (nSPS) is 11.6. The summed E-state index contributed by atoms with van der Waals surface area (Å²) < 4.78 is 34.7. The third-order valence-electron chi connectivity index (χ3n) is 5.04. The fourth-order valence-electron chi connectivity index (χ4n) is 3.39. The van der Waals surface area contributed by atoms with Gasteiger partial charge in [0.1, 0.15) is 23.6 Å². The van der Waals surface area contributed by atoms with Gasteiger partial charge in [0.25, 0.3) is 0 Å². The van der Waals surface area contributed by atoms with Crippen molar-refractivity contribution in [1.29, 1.82) is 0 Å². The van der Waals surface area contributed by atoms with Crippen LogP contribution in [0.15, 0.2) is 70.6 Å². The van der Waals surface area contributed by atoms with Crippen molar-refractivity contribution >= 4 is 6.21 Å². The molecule has 0 unspecified atom stereocenters. The van der Waals surface area contributed by atoms with Crippen LogP contribution in [-0.4, -0.2) is 36.3 Å². The summed E-state index contributed by atoms with van der Waals surface area (Å²) in [6.07, 6.45) is 5.11. The van der Waals surface area contributed by atoms with Gasteiger partial charge in [0.05, 0.1) is 18.0 Å². The second-order valence-electron chi connectivity index (χ2n) is 7.27. The van der Waals surface area contributed by atoms with E-state index in [1.807, 2.05) is 30.3 Å². The Labute approximate surface area is 186 Å². The van der Waals surface area contributed by atoms with Crippen LogP contribution in [0.2, 0.25) is 0 Å². The number of fused-ring (bicyclic) bond motifs is 1. The molecule has 3 aromatic rings. The second kappa shape index (κ2) is 8.58. The zero-order valence-corrected chi connectivity index (χ0v) is 17.1. The molecule has 33 heavy (non-hydrogen) atoms. The number of oxime groups is 1. The van der Waals surface area contributed by atoms with E-state index in [1.165, 1.54) is 24.5 Å². The lowest BCUT2D eigenvalue weighted by Gasteiger charge is -2.03. The molecule has 5 rings (SSSR count). The summed E-state index contributed by atoms with van der Waals surface area (Å²) in [7, 11) is 0. The number of nitrogens with zero attached hydrogens (tertiary/aromatic N) is 6. The van der Waals surface area contributed by atoms with Crippen LogP contribution < -0.4 is 0 Å². The van der Waals surface area contributed by atoms with Crippen LogP contribution in [0.1, 0.15) is 11.3 Å². The molecule has 2 aromatic carbocycles. The highest BCUT2D eigenvalue weighted by molar-refractivity contribution is 5.66. The van der Waals surface area contributed by atoms with Gasteiger partial charge in [-0.25, -0.2) is 18.7 Å². The number of rotatable bonds is 6. The molecule has 2 aliphatic heterocycles. The molecule has 0 spiro atoms. The summed E-state index contributed by atoms with van der Waals surface area (Å²) in [5.41, 5.74) is 3.51. The van der Waals surface area contributed by atoms with Gasteiger partial charge in [-0.1, -0.05) is 35.5 Å². The average molecular weight is 446 g/mol. The van der Waals surface area contributed by atoms with Crippen LogP contribution in [0.3, 0.4) is 0 Å². The molecular weight excluding hydrogens is 430 g/mol. The SMILES string of the molecule is ON=CCc1ccc(-c2cc(Cn3cc4nc(-c5cccc(F)c5F)nc-4cn3)on2)cc1. The number of hydrogen-bond donors (Lipinski definition) is 1. The molecule has 10 heteroatoms. The van der Waals surface area contributed by atoms with Crippen molar-refractivity contribution in [3.05, 3.63) is 83.9 Å². The molecule has 0 atom stereocenters. The number of benzene rings is 2. The minimum atomic E-state index is -0.989. The fourth-order valence-corrected chi connectivity index (χ4v) is 3.39. The third kappa shape index (κ3) is 4.18. The predicted octanol–water partition coefficient (Wildman–Crippen LogP) is 4.43. The van der Waals surface area contributed by atoms with Gasteiger partial charge in [0.15, 0.2) is 23.2 Å². The maximum absolute atomic E-state index is 14.1. The van der Waals surface area contributed by atoms with E-state index in [1.54, 1.807) is 10.9 Å². The van der Waals surface area contributed by atoms with Crippen LogP contribution in [0.25, 0.3) is 34.0 Å². The van der Waals surface area contributed by atoms with Crippen LogP contribution in [0.4, 0.5) is 8.78 Å². The van der Waals surface area contributed by atoms with E-state index in [4.69, 9.17) is 9.73 Å². The Kier molecular flexibility index (Phi) is 5.31. The van der Waals surface area contributed by atoms with Crippen molar-refractivity contribution in [3.63, 3.8) is 0 Å². The van der Waals surface area contributed by atoms with Crippen molar-refractivity contribution in [2.45, 2.75) is 13.0 Å². The first-order valence-electron chi connectivity index (χ1n) is 9.96. The van der Waals surface area contributed by atoms with E-state index in [0.717, 1.165) is 17.2 Å². The molecule has 0 saturated carbocycles. The predicted molar refractivity (Wildman–Crippen MR) is 115 cm³/mol. The molecule has 8 nitrogen and oxygen atoms in total. The Bertz CT molecular complexity index is 1410. The van der Waals surface area contributed by atoms with E-state index in [-0.39, 0.29) is 11.4 Å². The fraction of sp³-hybridized carbons (Fsp3) is 0.0870. The van der Waals surface area contributed by atoms with Crippen molar-refractivity contribution in [3.8, 4) is 34.0 Å². The first-order valence-corrected chi connectivity index (χ1v) is 9.96. The Morgan fingerprint density at radius 2 is 1.85 bits per heavy atom. The number of aromatic nitrogens is 5. The molecule has 1 aromatic heterocycles. The lowest BCUT2D eigenvalue weighted by Crippen LogP contribution is -2.04. The van der Waals surface area contributed by atoms with Gasteiger partial charge in [0, 0.05) is 24.3 Å². The molecule has 0 saturated heterocycles. The van der Waals surface area contributed by atoms with Gasteiger partial charge in [-0.2, -0.15) is 5.10 Å². The molecule has 0 aliphatic carbocycles.